The van der Waals surface area contributed by atoms with E-state index in [0.29, 0.717) is 17.9 Å². The summed E-state index contributed by atoms with van der Waals surface area (Å²) in [5.74, 6) is 0.386. The molecule has 1 heterocycles. The smallest absolute Gasteiger partial charge is 0.237 e. The Hall–Kier alpha value is -2.89. The molecule has 1 amide bonds. The van der Waals surface area contributed by atoms with E-state index in [-0.39, 0.29) is 23.7 Å². The highest BCUT2D eigenvalue weighted by Gasteiger charge is 2.39. The lowest BCUT2D eigenvalue weighted by Crippen LogP contribution is -2.45. The summed E-state index contributed by atoms with van der Waals surface area (Å²) in [4.78, 5) is 22.8. The molecule has 24 heavy (non-hydrogen) atoms. The number of nitrogens with zero attached hydrogens (tertiary/aromatic N) is 1. The van der Waals surface area contributed by atoms with Crippen molar-refractivity contribution in [2.24, 2.45) is 0 Å². The average molecular weight is 326 g/mol. The predicted molar refractivity (Wildman–Crippen MR) is 88.1 cm³/mol. The van der Waals surface area contributed by atoms with Gasteiger partial charge in [0.2, 0.25) is 11.9 Å². The lowest BCUT2D eigenvalue weighted by Gasteiger charge is -2.28. The first-order chi connectivity index (χ1) is 11.6. The number of carbonyl (C=O) groups is 1. The van der Waals surface area contributed by atoms with Gasteiger partial charge in [-0.25, -0.2) is 0 Å². The minimum absolute atomic E-state index is 0.170. The maximum absolute atomic E-state index is 11.7. The summed E-state index contributed by atoms with van der Waals surface area (Å²) in [6.07, 6.45) is 0.408. The van der Waals surface area contributed by atoms with Crippen LogP contribution in [-0.2, 0) is 11.4 Å². The minimum Gasteiger partial charge on any atom is -0.489 e. The van der Waals surface area contributed by atoms with Gasteiger partial charge in [0.05, 0.1) is 0 Å². The van der Waals surface area contributed by atoms with Crippen molar-refractivity contribution in [3.8, 4) is 5.75 Å². The minimum atomic E-state index is -0.843. The van der Waals surface area contributed by atoms with Gasteiger partial charge in [-0.2, -0.15) is 0 Å². The molecule has 1 saturated heterocycles. The molecule has 1 aliphatic heterocycles. The van der Waals surface area contributed by atoms with Crippen LogP contribution in [0.15, 0.2) is 54.6 Å². The topological polar surface area (TPSA) is 81.5 Å². The largest absolute Gasteiger partial charge is 0.489 e. The van der Waals surface area contributed by atoms with Crippen LogP contribution in [0.25, 0.3) is 0 Å². The van der Waals surface area contributed by atoms with E-state index in [2.05, 4.69) is 5.32 Å². The number of ether oxygens (including phenoxy) is 1. The monoisotopic (exact) mass is 326 g/mol. The van der Waals surface area contributed by atoms with Gasteiger partial charge in [0.25, 0.3) is 0 Å². The van der Waals surface area contributed by atoms with Crippen molar-refractivity contribution in [3.05, 3.63) is 75.8 Å². The van der Waals surface area contributed by atoms with Crippen LogP contribution in [0.2, 0.25) is 0 Å². The highest BCUT2D eigenvalue weighted by Crippen LogP contribution is 2.32. The number of hydrogen-bond acceptors (Lipinski definition) is 4. The van der Waals surface area contributed by atoms with Gasteiger partial charge in [0, 0.05) is 23.3 Å². The summed E-state index contributed by atoms with van der Waals surface area (Å²) in [5, 5.41) is 14.1. The molecule has 0 aliphatic carbocycles. The highest BCUT2D eigenvalue weighted by molar-refractivity contribution is 5.77. The molecule has 1 aliphatic rings. The third-order valence-electron chi connectivity index (χ3n) is 4.13. The molecule has 1 N–H and O–H groups in total. The van der Waals surface area contributed by atoms with E-state index in [9.17, 15) is 14.9 Å². The van der Waals surface area contributed by atoms with Crippen LogP contribution in [0.5, 0.6) is 5.75 Å². The fourth-order valence-electron chi connectivity index (χ4n) is 2.90. The zero-order valence-electron chi connectivity index (χ0n) is 13.1. The van der Waals surface area contributed by atoms with E-state index in [0.717, 1.165) is 5.56 Å². The Morgan fingerprint density at radius 2 is 1.83 bits per heavy atom. The molecule has 1 fully saturated rings. The Morgan fingerprint density at radius 1 is 1.12 bits per heavy atom. The predicted octanol–water partition coefficient (Wildman–Crippen LogP) is 2.86. The number of rotatable bonds is 5. The van der Waals surface area contributed by atoms with E-state index in [1.54, 1.807) is 18.2 Å². The molecule has 0 aromatic heterocycles. The van der Waals surface area contributed by atoms with Gasteiger partial charge in [-0.1, -0.05) is 48.5 Å². The molecule has 0 spiro atoms. The van der Waals surface area contributed by atoms with E-state index >= 15 is 0 Å². The number of carbonyl (C=O) groups excluding carboxylic acids is 1. The van der Waals surface area contributed by atoms with Crippen LogP contribution < -0.4 is 10.1 Å². The van der Waals surface area contributed by atoms with E-state index < -0.39 is 12.1 Å². The van der Waals surface area contributed by atoms with Gasteiger partial charge < -0.3 is 10.1 Å². The quantitative estimate of drug-likeness (QED) is 0.676. The Balaban J connectivity index is 1.84. The molecule has 2 aromatic rings. The van der Waals surface area contributed by atoms with Crippen LogP contribution in [0, 0.1) is 10.1 Å². The Kier molecular flexibility index (Phi) is 4.74. The van der Waals surface area contributed by atoms with Crippen LogP contribution in [-0.4, -0.2) is 16.9 Å². The van der Waals surface area contributed by atoms with E-state index in [1.165, 1.54) is 0 Å². The van der Waals surface area contributed by atoms with Crippen LogP contribution in [0.1, 0.15) is 30.0 Å². The summed E-state index contributed by atoms with van der Waals surface area (Å²) < 4.78 is 5.87. The average Bonchev–Trinajstić information content (AvgIpc) is 2.61. The molecular weight excluding hydrogens is 308 g/mol. The highest BCUT2D eigenvalue weighted by atomic mass is 16.6. The van der Waals surface area contributed by atoms with Crippen molar-refractivity contribution < 1.29 is 14.5 Å². The first-order valence-electron chi connectivity index (χ1n) is 7.83. The number of benzene rings is 2. The second kappa shape index (κ2) is 7.12. The molecule has 6 nitrogen and oxygen atoms in total. The van der Waals surface area contributed by atoms with Crippen molar-refractivity contribution >= 4 is 5.91 Å². The van der Waals surface area contributed by atoms with Gasteiger partial charge in [-0.3, -0.25) is 14.9 Å². The van der Waals surface area contributed by atoms with Gasteiger partial charge in [-0.15, -0.1) is 0 Å². The van der Waals surface area contributed by atoms with Gasteiger partial charge in [0.1, 0.15) is 18.4 Å². The zero-order chi connectivity index (χ0) is 16.9. The lowest BCUT2D eigenvalue weighted by atomic mass is 9.92. The van der Waals surface area contributed by atoms with Gasteiger partial charge >= 0.3 is 0 Å². The molecule has 2 aromatic carbocycles. The van der Waals surface area contributed by atoms with Gasteiger partial charge in [0.15, 0.2) is 0 Å². The summed E-state index contributed by atoms with van der Waals surface area (Å²) in [6.45, 7) is 0.363. The number of hydrogen-bond donors (Lipinski definition) is 1. The van der Waals surface area contributed by atoms with Crippen LogP contribution in [0.4, 0.5) is 0 Å². The molecule has 6 heteroatoms. The first-order valence-corrected chi connectivity index (χ1v) is 7.83. The number of amides is 1. The lowest BCUT2D eigenvalue weighted by molar-refractivity contribution is -0.529. The maximum Gasteiger partial charge on any atom is 0.237 e. The van der Waals surface area contributed by atoms with Crippen molar-refractivity contribution in [1.29, 1.82) is 0 Å². The molecule has 3 rings (SSSR count). The summed E-state index contributed by atoms with van der Waals surface area (Å²) in [7, 11) is 0. The van der Waals surface area contributed by atoms with Crippen molar-refractivity contribution in [1.82, 2.24) is 5.32 Å². The van der Waals surface area contributed by atoms with E-state index in [1.807, 2.05) is 36.4 Å². The third kappa shape index (κ3) is 3.53. The number of nitro groups is 1. The molecule has 0 saturated carbocycles. The number of para-hydroxylation sites is 1. The molecule has 2 atom stereocenters. The molecule has 0 unspecified atom stereocenters. The molecule has 0 radical (unpaired) electrons. The van der Waals surface area contributed by atoms with Crippen molar-refractivity contribution in [3.63, 3.8) is 0 Å². The Bertz CT molecular complexity index is 733. The number of piperidine rings is 1. The van der Waals surface area contributed by atoms with Gasteiger partial charge in [-0.05, 0) is 11.6 Å². The summed E-state index contributed by atoms with van der Waals surface area (Å²) in [5.41, 5.74) is 1.65. The Morgan fingerprint density at radius 3 is 2.58 bits per heavy atom. The first kappa shape index (κ1) is 16.0. The standard InChI is InChI=1S/C18H18N2O4/c21-17-11-10-15(20(22)23)18(19-17)14-8-4-5-9-16(14)24-12-13-6-2-1-3-7-13/h1-9,15,18H,10-12H2,(H,19,21)/t15-,18+/m1/s1. The van der Waals surface area contributed by atoms with Crippen molar-refractivity contribution in [2.45, 2.75) is 31.5 Å². The second-order valence-corrected chi connectivity index (χ2v) is 5.75. The Labute approximate surface area is 139 Å². The SMILES string of the molecule is O=C1CC[C@@H]([N+](=O)[O-])[C@H](c2ccccc2OCc2ccccc2)N1. The summed E-state index contributed by atoms with van der Waals surface area (Å²) >= 11 is 0. The third-order valence-corrected chi connectivity index (χ3v) is 4.13. The normalized spacial score (nSPS) is 20.2. The fraction of sp³-hybridized carbons (Fsp3) is 0.278. The second-order valence-electron chi connectivity index (χ2n) is 5.75. The molecule has 0 bridgehead atoms. The van der Waals surface area contributed by atoms with E-state index in [4.69, 9.17) is 4.74 Å². The zero-order valence-corrected chi connectivity index (χ0v) is 13.1. The number of nitrogens with one attached hydrogen (secondary N) is 1. The van der Waals surface area contributed by atoms with Crippen LogP contribution >= 0.6 is 0 Å². The molecular formula is C18H18N2O4. The van der Waals surface area contributed by atoms with Crippen LogP contribution in [0.3, 0.4) is 0 Å². The fourth-order valence-corrected chi connectivity index (χ4v) is 2.90. The molecule has 124 valence electrons. The summed E-state index contributed by atoms with van der Waals surface area (Å²) in [6, 6.07) is 15.3. The van der Waals surface area contributed by atoms with Crippen molar-refractivity contribution in [2.75, 3.05) is 0 Å². The maximum atomic E-state index is 11.7.